The number of aromatic nitrogens is 2. The molecule has 1 aliphatic rings. The highest BCUT2D eigenvalue weighted by atomic mass is 79.9. The summed E-state index contributed by atoms with van der Waals surface area (Å²) in [7, 11) is 0. The molecule has 0 bridgehead atoms. The van der Waals surface area contributed by atoms with Crippen molar-refractivity contribution in [3.8, 4) is 0 Å². The Labute approximate surface area is 191 Å². The summed E-state index contributed by atoms with van der Waals surface area (Å²) < 4.78 is 41.7. The fourth-order valence-electron chi connectivity index (χ4n) is 3.76. The van der Waals surface area contributed by atoms with Crippen LogP contribution in [0.5, 0.6) is 0 Å². The van der Waals surface area contributed by atoms with Crippen LogP contribution in [0.2, 0.25) is 0 Å². The molecule has 5 nitrogen and oxygen atoms in total. The van der Waals surface area contributed by atoms with E-state index >= 15 is 0 Å². The van der Waals surface area contributed by atoms with E-state index in [0.29, 0.717) is 35.6 Å². The van der Waals surface area contributed by atoms with Crippen molar-refractivity contribution in [2.45, 2.75) is 19.1 Å². The van der Waals surface area contributed by atoms with Crippen LogP contribution in [-0.4, -0.2) is 35.4 Å². The Bertz CT molecular complexity index is 1140. The van der Waals surface area contributed by atoms with Crippen molar-refractivity contribution < 1.29 is 18.0 Å². The van der Waals surface area contributed by atoms with E-state index in [1.165, 1.54) is 18.3 Å². The lowest BCUT2D eigenvalue weighted by atomic mass is 10.0. The molecule has 1 fully saturated rings. The molecule has 0 spiro atoms. The number of aryl methyl sites for hydroxylation is 1. The van der Waals surface area contributed by atoms with Gasteiger partial charge in [-0.15, -0.1) is 0 Å². The smallest absolute Gasteiger partial charge is 0.353 e. The first-order valence-electron chi connectivity index (χ1n) is 10.0. The van der Waals surface area contributed by atoms with Gasteiger partial charge in [-0.25, -0.2) is 4.98 Å². The van der Waals surface area contributed by atoms with Crippen molar-refractivity contribution in [3.63, 3.8) is 0 Å². The van der Waals surface area contributed by atoms with Gasteiger partial charge in [0.05, 0.1) is 5.56 Å². The van der Waals surface area contributed by atoms with Crippen LogP contribution in [0.1, 0.15) is 38.9 Å². The third kappa shape index (κ3) is 4.68. The Kier molecular flexibility index (Phi) is 6.30. The van der Waals surface area contributed by atoms with Gasteiger partial charge in [0.1, 0.15) is 11.5 Å². The average molecular weight is 505 g/mol. The molecule has 0 aliphatic carbocycles. The third-order valence-electron chi connectivity index (χ3n) is 5.40. The summed E-state index contributed by atoms with van der Waals surface area (Å²) in [4.78, 5) is 23.4. The van der Waals surface area contributed by atoms with Crippen LogP contribution in [0.4, 0.5) is 19.0 Å². The average Bonchev–Trinajstić information content (AvgIpc) is 2.80. The molecule has 32 heavy (non-hydrogen) atoms. The summed E-state index contributed by atoms with van der Waals surface area (Å²) in [6, 6.07) is 13.6. The lowest BCUT2D eigenvalue weighted by molar-refractivity contribution is -0.138. The minimum Gasteiger partial charge on any atom is -0.353 e. The minimum absolute atomic E-state index is 0.00437. The quantitative estimate of drug-likeness (QED) is 0.509. The number of halogens is 4. The number of anilines is 1. The first-order chi connectivity index (χ1) is 15.2. The van der Waals surface area contributed by atoms with E-state index in [1.54, 1.807) is 6.92 Å². The van der Waals surface area contributed by atoms with Crippen LogP contribution >= 0.6 is 15.9 Å². The number of nitrogens with zero attached hydrogens (tertiary/aromatic N) is 3. The largest absolute Gasteiger partial charge is 0.418 e. The molecule has 1 aliphatic heterocycles. The maximum absolute atomic E-state index is 13.7. The number of benzene rings is 1. The SMILES string of the molecule is Cc1ncc(Br)cc1C(=O)c1nc(N2CCNC(c3ccccc3)C2)ccc1C(F)(F)F. The summed E-state index contributed by atoms with van der Waals surface area (Å²) in [5, 5.41) is 3.42. The number of pyridine rings is 2. The molecule has 4 rings (SSSR count). The molecule has 0 saturated carbocycles. The zero-order chi connectivity index (χ0) is 22.9. The standard InChI is InChI=1S/C23H20BrF3N4O/c1-14-17(11-16(24)12-29-14)22(32)21-18(23(25,26)27)7-8-20(30-21)31-10-9-28-19(13-31)15-5-3-2-4-6-15/h2-8,11-12,19,28H,9-10,13H2,1H3. The van der Waals surface area contributed by atoms with E-state index in [9.17, 15) is 18.0 Å². The molecule has 1 unspecified atom stereocenters. The number of alkyl halides is 3. The normalized spacial score (nSPS) is 16.8. The van der Waals surface area contributed by atoms with Crippen molar-refractivity contribution in [2.75, 3.05) is 24.5 Å². The number of rotatable bonds is 4. The van der Waals surface area contributed by atoms with Crippen LogP contribution in [-0.2, 0) is 6.18 Å². The molecule has 3 heterocycles. The van der Waals surface area contributed by atoms with Crippen molar-refractivity contribution in [1.82, 2.24) is 15.3 Å². The molecule has 1 aromatic carbocycles. The van der Waals surface area contributed by atoms with Gasteiger partial charge < -0.3 is 10.2 Å². The number of nitrogens with one attached hydrogen (secondary N) is 1. The van der Waals surface area contributed by atoms with Crippen LogP contribution in [0, 0.1) is 6.92 Å². The topological polar surface area (TPSA) is 58.1 Å². The van der Waals surface area contributed by atoms with Crippen molar-refractivity contribution in [3.05, 3.63) is 87.3 Å². The second kappa shape index (κ2) is 8.99. The van der Waals surface area contributed by atoms with Gasteiger partial charge in [0.25, 0.3) is 0 Å². The number of hydrogen-bond acceptors (Lipinski definition) is 5. The lowest BCUT2D eigenvalue weighted by Crippen LogP contribution is -2.46. The number of piperazine rings is 1. The highest BCUT2D eigenvalue weighted by Crippen LogP contribution is 2.34. The lowest BCUT2D eigenvalue weighted by Gasteiger charge is -2.35. The molecular formula is C23H20BrF3N4O. The minimum atomic E-state index is -4.71. The molecule has 1 atom stereocenters. The molecule has 0 radical (unpaired) electrons. The Morgan fingerprint density at radius 2 is 1.94 bits per heavy atom. The zero-order valence-electron chi connectivity index (χ0n) is 17.2. The Morgan fingerprint density at radius 3 is 2.66 bits per heavy atom. The highest BCUT2D eigenvalue weighted by molar-refractivity contribution is 9.10. The molecule has 2 aromatic heterocycles. The van der Waals surface area contributed by atoms with E-state index in [-0.39, 0.29) is 11.6 Å². The van der Waals surface area contributed by atoms with Crippen molar-refractivity contribution in [1.29, 1.82) is 0 Å². The fraction of sp³-hybridized carbons (Fsp3) is 0.261. The first-order valence-corrected chi connectivity index (χ1v) is 10.8. The van der Waals surface area contributed by atoms with Crippen LogP contribution in [0.3, 0.4) is 0 Å². The summed E-state index contributed by atoms with van der Waals surface area (Å²) in [6.45, 7) is 3.30. The van der Waals surface area contributed by atoms with Crippen LogP contribution in [0.15, 0.2) is 59.2 Å². The zero-order valence-corrected chi connectivity index (χ0v) is 18.7. The van der Waals surface area contributed by atoms with Crippen molar-refractivity contribution >= 4 is 27.5 Å². The number of ketones is 1. The van der Waals surface area contributed by atoms with E-state index in [1.807, 2.05) is 35.2 Å². The second-order valence-electron chi connectivity index (χ2n) is 7.54. The maximum atomic E-state index is 13.7. The molecule has 3 aromatic rings. The third-order valence-corrected chi connectivity index (χ3v) is 5.83. The summed E-state index contributed by atoms with van der Waals surface area (Å²) in [5.41, 5.74) is -0.175. The predicted molar refractivity (Wildman–Crippen MR) is 119 cm³/mol. The Morgan fingerprint density at radius 1 is 1.19 bits per heavy atom. The number of carbonyl (C=O) groups excluding carboxylic acids is 1. The van der Waals surface area contributed by atoms with Gasteiger partial charge in [-0.2, -0.15) is 13.2 Å². The first kappa shape index (κ1) is 22.4. The van der Waals surface area contributed by atoms with Gasteiger partial charge >= 0.3 is 6.18 Å². The van der Waals surface area contributed by atoms with Gasteiger partial charge in [0, 0.05) is 47.6 Å². The van der Waals surface area contributed by atoms with E-state index < -0.39 is 23.2 Å². The molecule has 9 heteroatoms. The monoisotopic (exact) mass is 504 g/mol. The fourth-order valence-corrected chi connectivity index (χ4v) is 4.09. The van der Waals surface area contributed by atoms with Gasteiger partial charge in [-0.1, -0.05) is 30.3 Å². The second-order valence-corrected chi connectivity index (χ2v) is 8.46. The van der Waals surface area contributed by atoms with Gasteiger partial charge in [0.2, 0.25) is 5.78 Å². The number of carbonyl (C=O) groups is 1. The molecule has 1 saturated heterocycles. The van der Waals surface area contributed by atoms with Crippen LogP contribution in [0.25, 0.3) is 0 Å². The summed E-state index contributed by atoms with van der Waals surface area (Å²) in [5.74, 6) is -0.468. The number of hydrogen-bond donors (Lipinski definition) is 1. The van der Waals surface area contributed by atoms with Gasteiger partial charge in [-0.3, -0.25) is 9.78 Å². The van der Waals surface area contributed by atoms with E-state index in [4.69, 9.17) is 0 Å². The highest BCUT2D eigenvalue weighted by Gasteiger charge is 2.37. The maximum Gasteiger partial charge on any atom is 0.418 e. The Hall–Kier alpha value is -2.78. The van der Waals surface area contributed by atoms with Crippen LogP contribution < -0.4 is 10.2 Å². The molecule has 0 amide bonds. The van der Waals surface area contributed by atoms with Crippen molar-refractivity contribution in [2.24, 2.45) is 0 Å². The predicted octanol–water partition coefficient (Wildman–Crippen LogP) is 4.95. The summed E-state index contributed by atoms with van der Waals surface area (Å²) in [6.07, 6.45) is -3.22. The molecular weight excluding hydrogens is 485 g/mol. The molecule has 1 N–H and O–H groups in total. The molecule has 166 valence electrons. The summed E-state index contributed by atoms with van der Waals surface area (Å²) >= 11 is 3.23. The van der Waals surface area contributed by atoms with Gasteiger partial charge in [-0.05, 0) is 46.6 Å². The van der Waals surface area contributed by atoms with E-state index in [2.05, 4.69) is 31.2 Å². The Balaban J connectivity index is 1.72. The van der Waals surface area contributed by atoms with Gasteiger partial charge in [0.15, 0.2) is 0 Å². The van der Waals surface area contributed by atoms with E-state index in [0.717, 1.165) is 11.6 Å².